The molecular formula is C14H17NOS. The molecule has 0 bridgehead atoms. The maximum absolute atomic E-state index is 11.2. The van der Waals surface area contributed by atoms with Crippen molar-refractivity contribution in [1.29, 1.82) is 0 Å². The minimum Gasteiger partial charge on any atom is -0.384 e. The maximum Gasteiger partial charge on any atom is 0.0489 e. The van der Waals surface area contributed by atoms with Gasteiger partial charge in [-0.1, -0.05) is 30.3 Å². The van der Waals surface area contributed by atoms with Crippen molar-refractivity contribution in [2.24, 2.45) is 0 Å². The van der Waals surface area contributed by atoms with Crippen LogP contribution in [0.2, 0.25) is 0 Å². The van der Waals surface area contributed by atoms with Crippen molar-refractivity contribution >= 4 is 27.3 Å². The molecule has 2 unspecified atom stereocenters. The second-order valence-corrected chi connectivity index (χ2v) is 6.05. The van der Waals surface area contributed by atoms with E-state index >= 15 is 0 Å². The van der Waals surface area contributed by atoms with Crippen molar-refractivity contribution < 1.29 is 4.21 Å². The zero-order chi connectivity index (χ0) is 12.3. The van der Waals surface area contributed by atoms with Crippen molar-refractivity contribution in [2.75, 3.05) is 18.1 Å². The van der Waals surface area contributed by atoms with Gasteiger partial charge in [-0.3, -0.25) is 4.21 Å². The average molecular weight is 247 g/mol. The summed E-state index contributed by atoms with van der Waals surface area (Å²) in [6, 6.07) is 14.6. The Bertz CT molecular complexity index is 538. The zero-order valence-electron chi connectivity index (χ0n) is 10.1. The third kappa shape index (κ3) is 3.07. The van der Waals surface area contributed by atoms with Gasteiger partial charge in [0, 0.05) is 34.5 Å². The molecule has 0 aliphatic carbocycles. The Hall–Kier alpha value is -1.35. The van der Waals surface area contributed by atoms with E-state index < -0.39 is 10.8 Å². The van der Waals surface area contributed by atoms with Crippen LogP contribution in [0.1, 0.15) is 6.92 Å². The molecule has 2 atom stereocenters. The molecular weight excluding hydrogens is 230 g/mol. The first-order valence-electron chi connectivity index (χ1n) is 5.72. The highest BCUT2D eigenvalue weighted by atomic mass is 32.2. The van der Waals surface area contributed by atoms with Crippen molar-refractivity contribution in [1.82, 2.24) is 0 Å². The smallest absolute Gasteiger partial charge is 0.0489 e. The lowest BCUT2D eigenvalue weighted by Crippen LogP contribution is -2.20. The summed E-state index contributed by atoms with van der Waals surface area (Å²) < 4.78 is 11.2. The van der Waals surface area contributed by atoms with Crippen molar-refractivity contribution in [3.63, 3.8) is 0 Å². The molecule has 2 aromatic rings. The Morgan fingerprint density at radius 2 is 1.88 bits per heavy atom. The van der Waals surface area contributed by atoms with Gasteiger partial charge in [0.1, 0.15) is 0 Å². The SMILES string of the molecule is CC(CNc1ccc2ccccc2c1)S(C)=O. The molecule has 0 amide bonds. The predicted octanol–water partition coefficient (Wildman–Crippen LogP) is 3.02. The Kier molecular flexibility index (Phi) is 3.79. The van der Waals surface area contributed by atoms with Gasteiger partial charge in [-0.25, -0.2) is 0 Å². The van der Waals surface area contributed by atoms with Crippen molar-refractivity contribution in [3.8, 4) is 0 Å². The molecule has 0 aromatic heterocycles. The first kappa shape index (κ1) is 12.1. The fraction of sp³-hybridized carbons (Fsp3) is 0.286. The van der Waals surface area contributed by atoms with Gasteiger partial charge in [0.2, 0.25) is 0 Å². The molecule has 1 N–H and O–H groups in total. The van der Waals surface area contributed by atoms with E-state index in [2.05, 4.69) is 35.6 Å². The van der Waals surface area contributed by atoms with Gasteiger partial charge in [-0.15, -0.1) is 0 Å². The zero-order valence-corrected chi connectivity index (χ0v) is 11.0. The Labute approximate surface area is 104 Å². The van der Waals surface area contributed by atoms with Gasteiger partial charge in [0.15, 0.2) is 0 Å². The molecule has 0 fully saturated rings. The molecule has 0 saturated heterocycles. The molecule has 3 heteroatoms. The Balaban J connectivity index is 2.12. The first-order valence-corrected chi connectivity index (χ1v) is 7.34. The molecule has 0 aliphatic rings. The Morgan fingerprint density at radius 3 is 2.59 bits per heavy atom. The van der Waals surface area contributed by atoms with Crippen LogP contribution in [0.15, 0.2) is 42.5 Å². The number of fused-ring (bicyclic) bond motifs is 1. The molecule has 17 heavy (non-hydrogen) atoms. The number of anilines is 1. The summed E-state index contributed by atoms with van der Waals surface area (Å²) in [6.07, 6.45) is 1.74. The topological polar surface area (TPSA) is 29.1 Å². The van der Waals surface area contributed by atoms with Crippen LogP contribution in [0.3, 0.4) is 0 Å². The number of rotatable bonds is 4. The molecule has 0 heterocycles. The minimum absolute atomic E-state index is 0.168. The van der Waals surface area contributed by atoms with Gasteiger partial charge < -0.3 is 5.32 Å². The third-order valence-corrected chi connectivity index (χ3v) is 4.21. The van der Waals surface area contributed by atoms with E-state index in [-0.39, 0.29) is 5.25 Å². The van der Waals surface area contributed by atoms with Gasteiger partial charge in [-0.2, -0.15) is 0 Å². The second-order valence-electron chi connectivity index (χ2n) is 4.25. The van der Waals surface area contributed by atoms with Crippen LogP contribution in [0.25, 0.3) is 10.8 Å². The summed E-state index contributed by atoms with van der Waals surface area (Å²) in [5.41, 5.74) is 1.08. The second kappa shape index (κ2) is 5.32. The lowest BCUT2D eigenvalue weighted by atomic mass is 10.1. The van der Waals surface area contributed by atoms with E-state index in [1.165, 1.54) is 10.8 Å². The normalized spacial score (nSPS) is 14.5. The van der Waals surface area contributed by atoms with Crippen LogP contribution in [0.5, 0.6) is 0 Å². The van der Waals surface area contributed by atoms with Crippen LogP contribution in [-0.2, 0) is 10.8 Å². The lowest BCUT2D eigenvalue weighted by Gasteiger charge is -2.11. The quantitative estimate of drug-likeness (QED) is 0.900. The van der Waals surface area contributed by atoms with Crippen LogP contribution in [0.4, 0.5) is 5.69 Å². The van der Waals surface area contributed by atoms with E-state index in [1.54, 1.807) is 6.26 Å². The largest absolute Gasteiger partial charge is 0.384 e. The van der Waals surface area contributed by atoms with Gasteiger partial charge >= 0.3 is 0 Å². The first-order chi connectivity index (χ1) is 8.16. The van der Waals surface area contributed by atoms with Crippen LogP contribution < -0.4 is 5.32 Å². The van der Waals surface area contributed by atoms with Gasteiger partial charge in [0.25, 0.3) is 0 Å². The summed E-state index contributed by atoms with van der Waals surface area (Å²) in [6.45, 7) is 2.73. The van der Waals surface area contributed by atoms with E-state index in [9.17, 15) is 4.21 Å². The van der Waals surface area contributed by atoms with Crippen LogP contribution >= 0.6 is 0 Å². The van der Waals surface area contributed by atoms with Gasteiger partial charge in [-0.05, 0) is 29.8 Å². The highest BCUT2D eigenvalue weighted by Crippen LogP contribution is 2.18. The van der Waals surface area contributed by atoms with Crippen LogP contribution in [-0.4, -0.2) is 22.3 Å². The number of hydrogen-bond donors (Lipinski definition) is 1. The summed E-state index contributed by atoms with van der Waals surface area (Å²) in [7, 11) is -0.774. The number of hydrogen-bond acceptors (Lipinski definition) is 2. The van der Waals surface area contributed by atoms with E-state index in [1.807, 2.05) is 19.1 Å². The average Bonchev–Trinajstić information content (AvgIpc) is 2.35. The van der Waals surface area contributed by atoms with Crippen molar-refractivity contribution in [3.05, 3.63) is 42.5 Å². The summed E-state index contributed by atoms with van der Waals surface area (Å²) >= 11 is 0. The summed E-state index contributed by atoms with van der Waals surface area (Å²) in [5.74, 6) is 0. The minimum atomic E-state index is -0.774. The molecule has 0 saturated carbocycles. The molecule has 2 rings (SSSR count). The van der Waals surface area contributed by atoms with E-state index in [4.69, 9.17) is 0 Å². The highest BCUT2D eigenvalue weighted by Gasteiger charge is 2.05. The summed E-state index contributed by atoms with van der Waals surface area (Å²) in [5, 5.41) is 5.96. The molecule has 0 spiro atoms. The van der Waals surface area contributed by atoms with Crippen molar-refractivity contribution in [2.45, 2.75) is 12.2 Å². The summed E-state index contributed by atoms with van der Waals surface area (Å²) in [4.78, 5) is 0. The van der Waals surface area contributed by atoms with Crippen LogP contribution in [0, 0.1) is 0 Å². The number of nitrogens with one attached hydrogen (secondary N) is 1. The molecule has 0 aliphatic heterocycles. The van der Waals surface area contributed by atoms with Gasteiger partial charge in [0.05, 0.1) is 0 Å². The third-order valence-electron chi connectivity index (χ3n) is 2.91. The molecule has 0 radical (unpaired) electrons. The molecule has 90 valence electrons. The Morgan fingerprint density at radius 1 is 1.18 bits per heavy atom. The fourth-order valence-corrected chi connectivity index (χ4v) is 2.00. The standard InChI is InChI=1S/C14H17NOS/c1-11(17(2)16)10-15-14-8-7-12-5-3-4-6-13(12)9-14/h3-9,11,15H,10H2,1-2H3. The number of benzene rings is 2. The fourth-order valence-electron chi connectivity index (χ4n) is 1.68. The maximum atomic E-state index is 11.2. The highest BCUT2D eigenvalue weighted by molar-refractivity contribution is 7.84. The predicted molar refractivity (Wildman–Crippen MR) is 76.0 cm³/mol. The van der Waals surface area contributed by atoms with E-state index in [0.29, 0.717) is 0 Å². The lowest BCUT2D eigenvalue weighted by molar-refractivity contribution is 0.679. The van der Waals surface area contributed by atoms with E-state index in [0.717, 1.165) is 12.2 Å². The molecule has 2 nitrogen and oxygen atoms in total. The monoisotopic (exact) mass is 247 g/mol. The molecule has 2 aromatic carbocycles.